The zero-order valence-corrected chi connectivity index (χ0v) is 4.58. The summed E-state index contributed by atoms with van der Waals surface area (Å²) in [6, 6.07) is 0. The maximum atomic E-state index is 9.40. The summed E-state index contributed by atoms with van der Waals surface area (Å²) in [4.78, 5) is 9.40. The monoisotopic (exact) mass is 115 g/mol. The van der Waals surface area contributed by atoms with Crippen molar-refractivity contribution in [2.45, 2.75) is 6.42 Å². The quantitative estimate of drug-likeness (QED) is 0.433. The Morgan fingerprint density at radius 3 is 2.75 bits per heavy atom. The van der Waals surface area contributed by atoms with Crippen LogP contribution in [0.5, 0.6) is 0 Å². The molecule has 0 fully saturated rings. The molecule has 8 heavy (non-hydrogen) atoms. The Bertz CT molecular complexity index is 80.5. The van der Waals surface area contributed by atoms with Crippen LogP contribution in [0.4, 0.5) is 0 Å². The predicted molar refractivity (Wildman–Crippen MR) is 31.5 cm³/mol. The molecule has 0 radical (unpaired) electrons. The first-order valence-electron chi connectivity index (χ1n) is 2.46. The van der Waals surface area contributed by atoms with Crippen LogP contribution in [0, 0.1) is 4.91 Å². The van der Waals surface area contributed by atoms with Crippen molar-refractivity contribution in [3.63, 3.8) is 0 Å². The number of aliphatic hydroxyl groups is 1. The Kier molecular flexibility index (Phi) is 5.75. The van der Waals surface area contributed by atoms with Gasteiger partial charge in [-0.3, -0.25) is 0 Å². The molecule has 0 rings (SSSR count). The summed E-state index contributed by atoms with van der Waals surface area (Å²) in [6.07, 6.45) is 3.96. The minimum Gasteiger partial charge on any atom is -0.396 e. The fourth-order valence-corrected chi connectivity index (χ4v) is 0.310. The van der Waals surface area contributed by atoms with Crippen molar-refractivity contribution >= 4 is 0 Å². The second kappa shape index (κ2) is 6.30. The lowest BCUT2D eigenvalue weighted by molar-refractivity contribution is 0.302. The minimum atomic E-state index is 0.134. The van der Waals surface area contributed by atoms with Gasteiger partial charge in [0.15, 0.2) is 0 Å². The normalized spacial score (nSPS) is 10.1. The predicted octanol–water partition coefficient (Wildman–Crippen LogP) is 0.691. The molecule has 0 bridgehead atoms. The van der Waals surface area contributed by atoms with Crippen molar-refractivity contribution in [2.75, 3.05) is 13.2 Å². The van der Waals surface area contributed by atoms with Crippen LogP contribution in [0.1, 0.15) is 6.42 Å². The Morgan fingerprint density at radius 1 is 1.50 bits per heavy atom. The molecule has 0 saturated heterocycles. The zero-order valence-electron chi connectivity index (χ0n) is 4.58. The van der Waals surface area contributed by atoms with Gasteiger partial charge >= 0.3 is 0 Å². The highest BCUT2D eigenvalue weighted by molar-refractivity contribution is 4.82. The molecule has 0 atom stereocenters. The van der Waals surface area contributed by atoms with E-state index in [9.17, 15) is 4.91 Å². The van der Waals surface area contributed by atoms with E-state index in [1.54, 1.807) is 12.2 Å². The van der Waals surface area contributed by atoms with Gasteiger partial charge in [0.2, 0.25) is 0 Å². The van der Waals surface area contributed by atoms with Gasteiger partial charge in [-0.25, -0.2) is 0 Å². The summed E-state index contributed by atoms with van der Waals surface area (Å²) in [6.45, 7) is 0.343. The summed E-state index contributed by atoms with van der Waals surface area (Å²) >= 11 is 0. The molecule has 0 heterocycles. The fourth-order valence-electron chi connectivity index (χ4n) is 0.310. The van der Waals surface area contributed by atoms with Gasteiger partial charge in [0.05, 0.1) is 6.54 Å². The minimum absolute atomic E-state index is 0.134. The topological polar surface area (TPSA) is 49.7 Å². The van der Waals surface area contributed by atoms with Gasteiger partial charge in [-0.2, -0.15) is 4.91 Å². The van der Waals surface area contributed by atoms with E-state index < -0.39 is 0 Å². The molecule has 0 aliphatic rings. The van der Waals surface area contributed by atoms with E-state index in [-0.39, 0.29) is 13.2 Å². The third-order valence-electron chi connectivity index (χ3n) is 0.642. The summed E-state index contributed by atoms with van der Waals surface area (Å²) < 4.78 is 0. The maximum absolute atomic E-state index is 9.40. The highest BCUT2D eigenvalue weighted by atomic mass is 16.3. The SMILES string of the molecule is O=NCC=CCCO. The standard InChI is InChI=1S/C5H9NO2/c7-5-3-1-2-4-6-8/h1-2,7H,3-5H2. The van der Waals surface area contributed by atoms with E-state index in [4.69, 9.17) is 5.11 Å². The third-order valence-corrected chi connectivity index (χ3v) is 0.642. The van der Waals surface area contributed by atoms with Crippen molar-refractivity contribution in [3.05, 3.63) is 17.1 Å². The number of nitroso groups, excluding NO2 is 1. The van der Waals surface area contributed by atoms with Crippen LogP contribution in [0.15, 0.2) is 17.3 Å². The van der Waals surface area contributed by atoms with Crippen molar-refractivity contribution in [1.29, 1.82) is 0 Å². The van der Waals surface area contributed by atoms with Crippen molar-refractivity contribution in [3.8, 4) is 0 Å². The molecular weight excluding hydrogens is 106 g/mol. The van der Waals surface area contributed by atoms with E-state index >= 15 is 0 Å². The highest BCUT2D eigenvalue weighted by Gasteiger charge is 1.72. The summed E-state index contributed by atoms with van der Waals surface area (Å²) in [5.74, 6) is 0. The molecule has 0 unspecified atom stereocenters. The lowest BCUT2D eigenvalue weighted by Crippen LogP contribution is -1.76. The molecule has 0 amide bonds. The summed E-state index contributed by atoms with van der Waals surface area (Å²) in [5.41, 5.74) is 0. The van der Waals surface area contributed by atoms with E-state index in [1.807, 2.05) is 0 Å². The Labute approximate surface area is 48.0 Å². The molecule has 1 N–H and O–H groups in total. The van der Waals surface area contributed by atoms with Crippen LogP contribution < -0.4 is 0 Å². The van der Waals surface area contributed by atoms with Gasteiger partial charge in [0.1, 0.15) is 0 Å². The van der Waals surface area contributed by atoms with Gasteiger partial charge in [-0.05, 0) is 6.42 Å². The molecule has 0 aromatic carbocycles. The lowest BCUT2D eigenvalue weighted by atomic mass is 10.4. The third kappa shape index (κ3) is 5.30. The molecule has 0 aromatic rings. The lowest BCUT2D eigenvalue weighted by Gasteiger charge is -1.79. The number of nitrogens with zero attached hydrogens (tertiary/aromatic N) is 1. The molecule has 3 nitrogen and oxygen atoms in total. The van der Waals surface area contributed by atoms with Crippen LogP contribution in [-0.2, 0) is 0 Å². The van der Waals surface area contributed by atoms with Crippen molar-refractivity contribution in [2.24, 2.45) is 5.18 Å². The van der Waals surface area contributed by atoms with E-state index in [2.05, 4.69) is 5.18 Å². The smallest absolute Gasteiger partial charge is 0.0992 e. The first-order chi connectivity index (χ1) is 3.91. The van der Waals surface area contributed by atoms with Gasteiger partial charge in [0.25, 0.3) is 0 Å². The molecule has 0 spiro atoms. The molecule has 46 valence electrons. The largest absolute Gasteiger partial charge is 0.396 e. The Hall–Kier alpha value is -0.700. The van der Waals surface area contributed by atoms with E-state index in [0.717, 1.165) is 0 Å². The molecule has 3 heteroatoms. The number of rotatable bonds is 4. The van der Waals surface area contributed by atoms with Crippen LogP contribution in [-0.4, -0.2) is 18.3 Å². The summed E-state index contributed by atoms with van der Waals surface area (Å²) in [7, 11) is 0. The van der Waals surface area contributed by atoms with Gasteiger partial charge in [0, 0.05) is 6.61 Å². The van der Waals surface area contributed by atoms with Crippen molar-refractivity contribution in [1.82, 2.24) is 0 Å². The average molecular weight is 115 g/mol. The number of hydrogen-bond donors (Lipinski definition) is 1. The molecule has 0 saturated carbocycles. The molecule has 0 aromatic heterocycles. The Morgan fingerprint density at radius 2 is 2.25 bits per heavy atom. The molecule has 0 aliphatic carbocycles. The fraction of sp³-hybridized carbons (Fsp3) is 0.600. The van der Waals surface area contributed by atoms with Crippen LogP contribution in [0.2, 0.25) is 0 Å². The maximum Gasteiger partial charge on any atom is 0.0992 e. The first kappa shape index (κ1) is 7.30. The number of hydrogen-bond acceptors (Lipinski definition) is 3. The van der Waals surface area contributed by atoms with Crippen LogP contribution in [0.25, 0.3) is 0 Å². The Balaban J connectivity index is 2.94. The van der Waals surface area contributed by atoms with Gasteiger partial charge in [-0.15, -0.1) is 0 Å². The van der Waals surface area contributed by atoms with Gasteiger partial charge in [-0.1, -0.05) is 17.3 Å². The van der Waals surface area contributed by atoms with Crippen LogP contribution in [0.3, 0.4) is 0 Å². The summed E-state index contributed by atoms with van der Waals surface area (Å²) in [5, 5.41) is 10.8. The van der Waals surface area contributed by atoms with E-state index in [0.29, 0.717) is 6.42 Å². The second-order valence-electron chi connectivity index (χ2n) is 1.30. The molecular formula is C5H9NO2. The van der Waals surface area contributed by atoms with Crippen LogP contribution >= 0.6 is 0 Å². The zero-order chi connectivity index (χ0) is 6.24. The first-order valence-corrected chi connectivity index (χ1v) is 2.46. The molecule has 0 aliphatic heterocycles. The van der Waals surface area contributed by atoms with E-state index in [1.165, 1.54) is 0 Å². The van der Waals surface area contributed by atoms with Crippen molar-refractivity contribution < 1.29 is 5.11 Å². The highest BCUT2D eigenvalue weighted by Crippen LogP contribution is 1.79. The van der Waals surface area contributed by atoms with Gasteiger partial charge < -0.3 is 5.11 Å². The number of aliphatic hydroxyl groups excluding tert-OH is 1. The average Bonchev–Trinajstić information content (AvgIpc) is 1.81. The second-order valence-corrected chi connectivity index (χ2v) is 1.30.